The molecule has 0 saturated carbocycles. The standard InChI is InChI=1S/C18H13S.C18H15S.C16H26F4O5.C11H20F2O2/c1-2-8-14(9-3-1)19-17-12-6-4-10-15(17)16-11-5-7-13-18(16)19;1-4-10-16(11-5-1)19(17-12-6-2-7-13-17)18-14-8-3-9-15-18;1-7-13(3,4)11(21)25-14(5,12(22)23-8-2)24-10-9-16(19,20)15(6,17)18;1-6-10(3,4)9(14)15-7-8(2)11(5,12)13/h1-13H;1-15H;7-10H2,1-6H3;8H,6-7H2,1-5H3/q2*+1;;. The molecule has 0 aliphatic carbocycles. The summed E-state index contributed by atoms with van der Waals surface area (Å²) in [6, 6.07) is 60.6. The lowest BCUT2D eigenvalue weighted by Gasteiger charge is -2.32. The van der Waals surface area contributed by atoms with E-state index >= 15 is 0 Å². The number of alkyl halides is 6. The molecule has 0 spiro atoms. The maximum absolute atomic E-state index is 13.3. The molecule has 7 rings (SSSR count). The molecule has 7 nitrogen and oxygen atoms in total. The monoisotopic (exact) mass is 1120 g/mol. The molecule has 1 aromatic heterocycles. The molecule has 78 heavy (non-hydrogen) atoms. The molecule has 0 radical (unpaired) electrons. The summed E-state index contributed by atoms with van der Waals surface area (Å²) in [4.78, 5) is 41.1. The van der Waals surface area contributed by atoms with Gasteiger partial charge < -0.3 is 18.9 Å². The zero-order chi connectivity index (χ0) is 58.0. The number of benzene rings is 6. The van der Waals surface area contributed by atoms with Crippen LogP contribution in [0.1, 0.15) is 95.4 Å². The molecule has 0 amide bonds. The molecule has 15 heteroatoms. The van der Waals surface area contributed by atoms with E-state index in [4.69, 9.17) is 18.9 Å². The summed E-state index contributed by atoms with van der Waals surface area (Å²) in [5.74, 6) is -17.0. The fourth-order valence-corrected chi connectivity index (χ4v) is 11.4. The predicted molar refractivity (Wildman–Crippen MR) is 303 cm³/mol. The molecular weight excluding hydrogens is 1050 g/mol. The Labute approximate surface area is 462 Å². The van der Waals surface area contributed by atoms with Gasteiger partial charge in [0.15, 0.2) is 29.0 Å². The van der Waals surface area contributed by atoms with Crippen LogP contribution < -0.4 is 0 Å². The van der Waals surface area contributed by atoms with Gasteiger partial charge in [-0.3, -0.25) is 9.59 Å². The zero-order valence-corrected chi connectivity index (χ0v) is 48.1. The van der Waals surface area contributed by atoms with Crippen LogP contribution in [-0.4, -0.2) is 61.3 Å². The second kappa shape index (κ2) is 28.6. The maximum Gasteiger partial charge on any atom is 0.379 e. The maximum atomic E-state index is 13.3. The summed E-state index contributed by atoms with van der Waals surface area (Å²) in [5.41, 5.74) is -1.56. The summed E-state index contributed by atoms with van der Waals surface area (Å²) >= 11 is 0. The molecule has 6 aromatic carbocycles. The van der Waals surface area contributed by atoms with Gasteiger partial charge in [0.2, 0.25) is 0 Å². The topological polar surface area (TPSA) is 88.1 Å². The van der Waals surface area contributed by atoms with Gasteiger partial charge >= 0.3 is 35.5 Å². The lowest BCUT2D eigenvalue weighted by Crippen LogP contribution is -2.48. The van der Waals surface area contributed by atoms with Gasteiger partial charge in [-0.2, -0.15) is 8.78 Å². The van der Waals surface area contributed by atoms with Gasteiger partial charge in [0.25, 0.3) is 5.92 Å². The smallest absolute Gasteiger partial charge is 0.379 e. The number of ether oxygens (including phenoxy) is 4. The third-order valence-electron chi connectivity index (χ3n) is 13.0. The number of rotatable bonds is 19. The Bertz CT molecular complexity index is 2800. The molecule has 0 N–H and O–H groups in total. The molecule has 2 unspecified atom stereocenters. The number of fused-ring (bicyclic) bond motifs is 3. The van der Waals surface area contributed by atoms with E-state index in [1.54, 1.807) is 34.6 Å². The Kier molecular flexibility index (Phi) is 23.6. The first-order chi connectivity index (χ1) is 36.6. The highest BCUT2D eigenvalue weighted by Crippen LogP contribution is 2.48. The van der Waals surface area contributed by atoms with Crippen LogP contribution in [0, 0.1) is 16.7 Å². The first-order valence-corrected chi connectivity index (χ1v) is 28.3. The zero-order valence-electron chi connectivity index (χ0n) is 46.4. The van der Waals surface area contributed by atoms with Crippen LogP contribution in [0.25, 0.3) is 25.1 Å². The number of esters is 3. The highest BCUT2D eigenvalue weighted by atomic mass is 32.2. The second-order valence-corrected chi connectivity index (χ2v) is 24.0. The van der Waals surface area contributed by atoms with E-state index in [9.17, 15) is 40.7 Å². The van der Waals surface area contributed by atoms with Gasteiger partial charge in [0, 0.05) is 41.5 Å². The highest BCUT2D eigenvalue weighted by molar-refractivity contribution is 7.97. The fourth-order valence-electron chi connectivity index (χ4n) is 6.87. The Morgan fingerprint density at radius 2 is 0.897 bits per heavy atom. The summed E-state index contributed by atoms with van der Waals surface area (Å²) < 4.78 is 100. The Hall–Kier alpha value is -6.16. The van der Waals surface area contributed by atoms with Crippen molar-refractivity contribution in [1.29, 1.82) is 0 Å². The average molecular weight is 1120 g/mol. The van der Waals surface area contributed by atoms with E-state index in [1.807, 2.05) is 6.92 Å². The number of thiophene rings is 1. The summed E-state index contributed by atoms with van der Waals surface area (Å²) in [7, 11) is 0.0448. The third-order valence-corrected chi connectivity index (χ3v) is 17.6. The fraction of sp³-hybridized carbons (Fsp3) is 0.381. The first-order valence-electron chi connectivity index (χ1n) is 25.9. The van der Waals surface area contributed by atoms with Crippen LogP contribution in [0.4, 0.5) is 26.3 Å². The van der Waals surface area contributed by atoms with Crippen molar-refractivity contribution in [2.45, 2.75) is 134 Å². The number of carbonyl (C=O) groups is 3. The molecule has 0 saturated heterocycles. The van der Waals surface area contributed by atoms with E-state index in [-0.39, 0.29) is 41.5 Å². The Morgan fingerprint density at radius 3 is 1.28 bits per heavy atom. The number of halogens is 6. The van der Waals surface area contributed by atoms with Crippen LogP contribution in [0.15, 0.2) is 185 Å². The molecule has 0 bridgehead atoms. The number of carbonyl (C=O) groups excluding carboxylic acids is 3. The number of hydrogen-bond acceptors (Lipinski definition) is 7. The molecule has 0 fully saturated rings. The minimum Gasteiger partial charge on any atom is -0.465 e. The molecular formula is C63H74F6O7S2+2. The minimum atomic E-state index is -4.34. The molecule has 7 aromatic rings. The van der Waals surface area contributed by atoms with Crippen molar-refractivity contribution >= 4 is 59.4 Å². The van der Waals surface area contributed by atoms with Crippen LogP contribution in [-0.2, 0) is 44.2 Å². The molecule has 2 atom stereocenters. The largest absolute Gasteiger partial charge is 0.465 e. The van der Waals surface area contributed by atoms with Crippen LogP contribution in [0.2, 0.25) is 0 Å². The van der Waals surface area contributed by atoms with Crippen LogP contribution in [0.3, 0.4) is 0 Å². The van der Waals surface area contributed by atoms with Gasteiger partial charge in [-0.05, 0) is 127 Å². The normalized spacial score (nSPS) is 13.1. The van der Waals surface area contributed by atoms with Crippen molar-refractivity contribution in [2.24, 2.45) is 16.7 Å². The van der Waals surface area contributed by atoms with E-state index < -0.39 is 71.2 Å². The van der Waals surface area contributed by atoms with Crippen molar-refractivity contribution in [3.05, 3.63) is 170 Å². The van der Waals surface area contributed by atoms with E-state index in [2.05, 4.69) is 170 Å². The third kappa shape index (κ3) is 17.9. The van der Waals surface area contributed by atoms with Gasteiger partial charge in [-0.1, -0.05) is 118 Å². The van der Waals surface area contributed by atoms with E-state index in [0.717, 1.165) is 13.8 Å². The highest BCUT2D eigenvalue weighted by Gasteiger charge is 2.52. The Balaban J connectivity index is 0.000000227. The summed E-state index contributed by atoms with van der Waals surface area (Å²) in [6.07, 6.45) is -0.353. The lowest BCUT2D eigenvalue weighted by molar-refractivity contribution is -0.253. The van der Waals surface area contributed by atoms with Gasteiger partial charge in [-0.15, -0.1) is 0 Å². The van der Waals surface area contributed by atoms with Gasteiger partial charge in [0.05, 0.1) is 47.5 Å². The van der Waals surface area contributed by atoms with Crippen LogP contribution >= 0.6 is 10.5 Å². The average Bonchev–Trinajstić information content (AvgIpc) is 3.76. The van der Waals surface area contributed by atoms with Crippen molar-refractivity contribution in [3.63, 3.8) is 0 Å². The van der Waals surface area contributed by atoms with Crippen molar-refractivity contribution in [1.82, 2.24) is 0 Å². The van der Waals surface area contributed by atoms with Crippen LogP contribution in [0.5, 0.6) is 0 Å². The van der Waals surface area contributed by atoms with Crippen molar-refractivity contribution in [3.8, 4) is 4.90 Å². The lowest BCUT2D eigenvalue weighted by atomic mass is 9.90. The molecule has 0 aliphatic heterocycles. The Morgan fingerprint density at radius 1 is 0.513 bits per heavy atom. The predicted octanol–water partition coefficient (Wildman–Crippen LogP) is 17.7. The van der Waals surface area contributed by atoms with Gasteiger partial charge in [0.1, 0.15) is 0 Å². The van der Waals surface area contributed by atoms with E-state index in [1.165, 1.54) is 53.6 Å². The quantitative estimate of drug-likeness (QED) is 0.0262. The van der Waals surface area contributed by atoms with Gasteiger partial charge in [-0.25, -0.2) is 22.4 Å². The summed E-state index contributed by atoms with van der Waals surface area (Å²) in [5, 5.41) is 2.79. The van der Waals surface area contributed by atoms with E-state index in [0.29, 0.717) is 12.8 Å². The van der Waals surface area contributed by atoms with Crippen molar-refractivity contribution < 1.29 is 59.7 Å². The number of hydrogen-bond donors (Lipinski definition) is 0. The molecule has 1 heterocycles. The minimum absolute atomic E-state index is 0.0146. The molecule has 0 aliphatic rings. The SMILES string of the molecule is CCC(C)(C)C(=O)OCC(C)C(C)(F)F.CCOC(=O)C(C)(OCCC(F)(F)C(C)(F)F)OC(=O)C(C)(C)CC.c1ccc(-[s+]2c3ccccc3c3ccccc32)cc1.c1ccc([S+](c2ccccc2)c2ccccc2)cc1. The summed E-state index contributed by atoms with van der Waals surface area (Å²) in [6.45, 7) is 13.7. The molecule has 420 valence electrons. The first kappa shape index (κ1) is 64.4. The van der Waals surface area contributed by atoms with Crippen molar-refractivity contribution in [2.75, 3.05) is 19.8 Å². The second-order valence-electron chi connectivity index (χ2n) is 20.0.